The lowest BCUT2D eigenvalue weighted by atomic mass is 10.1. The molecule has 2 aromatic rings. The van der Waals surface area contributed by atoms with E-state index in [1.165, 1.54) is 11.1 Å². The van der Waals surface area contributed by atoms with Crippen LogP contribution in [0.15, 0.2) is 36.5 Å². The topological polar surface area (TPSA) is 60.2 Å². The summed E-state index contributed by atoms with van der Waals surface area (Å²) >= 11 is 0. The van der Waals surface area contributed by atoms with Gasteiger partial charge >= 0.3 is 0 Å². The molecule has 3 rings (SSSR count). The van der Waals surface area contributed by atoms with E-state index in [9.17, 15) is 0 Å². The normalized spacial score (nSPS) is 16.8. The van der Waals surface area contributed by atoms with Crippen molar-refractivity contribution in [3.05, 3.63) is 47.7 Å². The lowest BCUT2D eigenvalue weighted by Crippen LogP contribution is -2.07. The van der Waals surface area contributed by atoms with Gasteiger partial charge in [-0.25, -0.2) is 4.98 Å². The average Bonchev–Trinajstić information content (AvgIpc) is 2.83. The number of aryl methyl sites for hydroxylation is 1. The predicted octanol–water partition coefficient (Wildman–Crippen LogP) is 3.16. The van der Waals surface area contributed by atoms with Gasteiger partial charge in [-0.05, 0) is 49.1 Å². The lowest BCUT2D eigenvalue weighted by Gasteiger charge is -2.15. The summed E-state index contributed by atoms with van der Waals surface area (Å²) in [6.45, 7) is 2.59. The van der Waals surface area contributed by atoms with Gasteiger partial charge in [-0.2, -0.15) is 0 Å². The van der Waals surface area contributed by atoms with Crippen LogP contribution in [0.3, 0.4) is 0 Å². The van der Waals surface area contributed by atoms with Crippen LogP contribution in [0, 0.1) is 0 Å². The van der Waals surface area contributed by atoms with Crippen LogP contribution in [0.1, 0.15) is 30.5 Å². The van der Waals surface area contributed by atoms with Crippen molar-refractivity contribution < 1.29 is 4.74 Å². The maximum absolute atomic E-state index is 5.83. The number of hydrogen-bond donors (Lipinski definition) is 2. The van der Waals surface area contributed by atoms with Crippen molar-refractivity contribution in [2.45, 2.75) is 25.8 Å². The maximum Gasteiger partial charge on any atom is 0.213 e. The fraction of sp³-hybridized carbons (Fsp3) is 0.312. The second-order valence-corrected chi connectivity index (χ2v) is 5.01. The van der Waals surface area contributed by atoms with Gasteiger partial charge in [0.15, 0.2) is 0 Å². The first-order chi connectivity index (χ1) is 9.76. The number of aromatic nitrogens is 1. The van der Waals surface area contributed by atoms with Crippen LogP contribution in [0.5, 0.6) is 5.88 Å². The number of nitrogen functional groups attached to an aromatic ring is 1. The van der Waals surface area contributed by atoms with E-state index < -0.39 is 0 Å². The van der Waals surface area contributed by atoms with Gasteiger partial charge in [-0.1, -0.05) is 6.07 Å². The molecule has 0 aliphatic heterocycles. The van der Waals surface area contributed by atoms with E-state index in [-0.39, 0.29) is 0 Å². The molecule has 0 saturated carbocycles. The molecule has 0 bridgehead atoms. The number of rotatable bonds is 4. The molecule has 1 aromatic heterocycles. The lowest BCUT2D eigenvalue weighted by molar-refractivity contribution is 0.327. The predicted molar refractivity (Wildman–Crippen MR) is 80.9 cm³/mol. The van der Waals surface area contributed by atoms with Crippen LogP contribution in [0.4, 0.5) is 11.4 Å². The maximum atomic E-state index is 5.83. The van der Waals surface area contributed by atoms with Crippen LogP contribution in [0.25, 0.3) is 0 Å². The SMILES string of the molecule is CCOc1ccc(NC2CCc3cc(N)ccc32)cn1. The summed E-state index contributed by atoms with van der Waals surface area (Å²) in [5.74, 6) is 0.664. The minimum atomic E-state index is 0.338. The molecule has 1 atom stereocenters. The van der Waals surface area contributed by atoms with Crippen LogP contribution >= 0.6 is 0 Å². The molecule has 1 aliphatic carbocycles. The number of nitrogens with one attached hydrogen (secondary N) is 1. The third-order valence-electron chi connectivity index (χ3n) is 3.61. The van der Waals surface area contributed by atoms with Crippen molar-refractivity contribution in [1.82, 2.24) is 4.98 Å². The highest BCUT2D eigenvalue weighted by Crippen LogP contribution is 2.34. The van der Waals surface area contributed by atoms with Crippen molar-refractivity contribution >= 4 is 11.4 Å². The Morgan fingerprint density at radius 2 is 2.25 bits per heavy atom. The highest BCUT2D eigenvalue weighted by Gasteiger charge is 2.22. The first-order valence-electron chi connectivity index (χ1n) is 7.00. The van der Waals surface area contributed by atoms with Crippen LogP contribution in [-0.2, 0) is 6.42 Å². The number of ether oxygens (including phenoxy) is 1. The molecular weight excluding hydrogens is 250 g/mol. The van der Waals surface area contributed by atoms with E-state index in [4.69, 9.17) is 10.5 Å². The quantitative estimate of drug-likeness (QED) is 0.837. The molecule has 1 heterocycles. The largest absolute Gasteiger partial charge is 0.478 e. The summed E-state index contributed by atoms with van der Waals surface area (Å²) in [6.07, 6.45) is 3.98. The smallest absolute Gasteiger partial charge is 0.213 e. The van der Waals surface area contributed by atoms with E-state index in [0.29, 0.717) is 18.5 Å². The van der Waals surface area contributed by atoms with Crippen LogP contribution in [-0.4, -0.2) is 11.6 Å². The first kappa shape index (κ1) is 12.8. The van der Waals surface area contributed by atoms with Gasteiger partial charge in [0, 0.05) is 11.8 Å². The molecular formula is C16H19N3O. The van der Waals surface area contributed by atoms with Crippen molar-refractivity contribution in [3.63, 3.8) is 0 Å². The van der Waals surface area contributed by atoms with Crippen LogP contribution < -0.4 is 15.8 Å². The Hall–Kier alpha value is -2.23. The van der Waals surface area contributed by atoms with Gasteiger partial charge in [-0.3, -0.25) is 0 Å². The molecule has 1 aromatic carbocycles. The van der Waals surface area contributed by atoms with Crippen LogP contribution in [0.2, 0.25) is 0 Å². The second-order valence-electron chi connectivity index (χ2n) is 5.01. The Balaban J connectivity index is 1.73. The molecule has 104 valence electrons. The van der Waals surface area contributed by atoms with E-state index in [1.54, 1.807) is 0 Å². The molecule has 20 heavy (non-hydrogen) atoms. The standard InChI is InChI=1S/C16H19N3O/c1-2-20-16-8-5-13(10-18-16)19-15-7-3-11-9-12(17)4-6-14(11)15/h4-6,8-10,15,19H,2-3,7,17H2,1H3. The third kappa shape index (κ3) is 2.54. The molecule has 0 spiro atoms. The van der Waals surface area contributed by atoms with E-state index in [1.807, 2.05) is 31.3 Å². The zero-order valence-electron chi connectivity index (χ0n) is 11.6. The number of nitrogens with zero attached hydrogens (tertiary/aromatic N) is 1. The van der Waals surface area contributed by atoms with Crippen molar-refractivity contribution in [3.8, 4) is 5.88 Å². The fourth-order valence-corrected chi connectivity index (χ4v) is 2.69. The minimum Gasteiger partial charge on any atom is -0.478 e. The molecule has 4 heteroatoms. The molecule has 1 aliphatic rings. The Morgan fingerprint density at radius 1 is 1.35 bits per heavy atom. The second kappa shape index (κ2) is 5.41. The van der Waals surface area contributed by atoms with Crippen molar-refractivity contribution in [2.75, 3.05) is 17.7 Å². The third-order valence-corrected chi connectivity index (χ3v) is 3.61. The molecule has 4 nitrogen and oxygen atoms in total. The highest BCUT2D eigenvalue weighted by atomic mass is 16.5. The number of nitrogens with two attached hydrogens (primary N) is 1. The summed E-state index contributed by atoms with van der Waals surface area (Å²) in [5, 5.41) is 3.53. The van der Waals surface area contributed by atoms with Gasteiger partial charge in [0.25, 0.3) is 0 Å². The summed E-state index contributed by atoms with van der Waals surface area (Å²) in [5.41, 5.74) is 10.4. The van der Waals surface area contributed by atoms with Gasteiger partial charge in [-0.15, -0.1) is 0 Å². The first-order valence-corrected chi connectivity index (χ1v) is 7.00. The molecule has 0 fully saturated rings. The Morgan fingerprint density at radius 3 is 3.00 bits per heavy atom. The number of hydrogen-bond acceptors (Lipinski definition) is 4. The fourth-order valence-electron chi connectivity index (χ4n) is 2.69. The molecule has 1 unspecified atom stereocenters. The number of pyridine rings is 1. The van der Waals surface area contributed by atoms with Gasteiger partial charge in [0.1, 0.15) is 0 Å². The zero-order chi connectivity index (χ0) is 13.9. The minimum absolute atomic E-state index is 0.338. The zero-order valence-corrected chi connectivity index (χ0v) is 11.6. The summed E-state index contributed by atoms with van der Waals surface area (Å²) in [7, 11) is 0. The molecule has 3 N–H and O–H groups in total. The Bertz CT molecular complexity index is 595. The highest BCUT2D eigenvalue weighted by molar-refractivity contribution is 5.52. The molecule has 0 radical (unpaired) electrons. The number of anilines is 2. The van der Waals surface area contributed by atoms with Gasteiger partial charge < -0.3 is 15.8 Å². The molecule has 0 saturated heterocycles. The Labute approximate surface area is 119 Å². The van der Waals surface area contributed by atoms with Crippen molar-refractivity contribution in [1.29, 1.82) is 0 Å². The molecule has 0 amide bonds. The van der Waals surface area contributed by atoms with Gasteiger partial charge in [0.05, 0.1) is 24.5 Å². The van der Waals surface area contributed by atoms with Crippen molar-refractivity contribution in [2.24, 2.45) is 0 Å². The number of fused-ring (bicyclic) bond motifs is 1. The Kier molecular flexibility index (Phi) is 3.46. The average molecular weight is 269 g/mol. The summed E-state index contributed by atoms with van der Waals surface area (Å²) < 4.78 is 5.35. The van der Waals surface area contributed by atoms with Gasteiger partial charge in [0.2, 0.25) is 5.88 Å². The monoisotopic (exact) mass is 269 g/mol. The summed E-state index contributed by atoms with van der Waals surface area (Å²) in [4.78, 5) is 4.28. The van der Waals surface area contributed by atoms with E-state index in [0.717, 1.165) is 24.2 Å². The summed E-state index contributed by atoms with van der Waals surface area (Å²) in [6, 6.07) is 10.4. The number of benzene rings is 1. The van der Waals surface area contributed by atoms with E-state index >= 15 is 0 Å². The van der Waals surface area contributed by atoms with E-state index in [2.05, 4.69) is 22.4 Å².